The zero-order chi connectivity index (χ0) is 8.97. The number of nitrogens with one attached hydrogen (secondary N) is 1. The predicted octanol–water partition coefficient (Wildman–Crippen LogP) is 1.52. The molecule has 1 heterocycles. The summed E-state index contributed by atoms with van der Waals surface area (Å²) in [6, 6.07) is 0. The lowest BCUT2D eigenvalue weighted by molar-refractivity contribution is -0.119. The van der Waals surface area contributed by atoms with Crippen molar-refractivity contribution in [3.63, 3.8) is 0 Å². The minimum absolute atomic E-state index is 0.0311. The third-order valence-corrected chi connectivity index (χ3v) is 2.25. The van der Waals surface area contributed by atoms with Crippen LogP contribution in [0.5, 0.6) is 0 Å². The van der Waals surface area contributed by atoms with E-state index in [4.69, 9.17) is 0 Å². The fourth-order valence-electron chi connectivity index (χ4n) is 0.652. The average Bonchev–Trinajstić information content (AvgIpc) is 2.55. The second kappa shape index (κ2) is 4.15. The van der Waals surface area contributed by atoms with Gasteiger partial charge in [0.2, 0.25) is 5.91 Å². The van der Waals surface area contributed by atoms with E-state index in [0.29, 0.717) is 5.00 Å². The minimum Gasteiger partial charge on any atom is -0.315 e. The van der Waals surface area contributed by atoms with Crippen LogP contribution in [0.15, 0.2) is 6.20 Å². The highest BCUT2D eigenvalue weighted by molar-refractivity contribution is 7.10. The van der Waals surface area contributed by atoms with Gasteiger partial charge in [0.1, 0.15) is 5.00 Å². The molecule has 0 aliphatic rings. The lowest BCUT2D eigenvalue weighted by atomic mass is 10.1. The molecule has 1 aromatic heterocycles. The maximum Gasteiger partial charge on any atom is 0.227 e. The van der Waals surface area contributed by atoms with E-state index in [1.54, 1.807) is 6.20 Å². The quantitative estimate of drug-likeness (QED) is 0.776. The predicted molar refractivity (Wildman–Crippen MR) is 48.0 cm³/mol. The molecule has 0 fully saturated rings. The first-order chi connectivity index (χ1) is 5.74. The molecule has 1 unspecified atom stereocenters. The molecule has 66 valence electrons. The molecular weight excluding hydrogens is 174 g/mol. The molecule has 1 rings (SSSR count). The van der Waals surface area contributed by atoms with Crippen molar-refractivity contribution in [2.24, 2.45) is 5.92 Å². The van der Waals surface area contributed by atoms with Gasteiger partial charge in [0, 0.05) is 17.5 Å². The fourth-order valence-corrected chi connectivity index (χ4v) is 1.08. The molecule has 0 spiro atoms. The largest absolute Gasteiger partial charge is 0.315 e. The van der Waals surface area contributed by atoms with E-state index in [1.807, 2.05) is 13.8 Å². The number of carbonyl (C=O) groups is 1. The molecule has 0 saturated heterocycles. The highest BCUT2D eigenvalue weighted by Crippen LogP contribution is 2.11. The number of rotatable bonds is 3. The Bertz CT molecular complexity index is 247. The normalized spacial score (nSPS) is 12.5. The molecule has 0 bridgehead atoms. The van der Waals surface area contributed by atoms with Crippen molar-refractivity contribution in [1.29, 1.82) is 0 Å². The zero-order valence-corrected chi connectivity index (χ0v) is 7.89. The summed E-state index contributed by atoms with van der Waals surface area (Å²) >= 11 is 1.19. The van der Waals surface area contributed by atoms with Gasteiger partial charge in [-0.2, -0.15) is 0 Å². The number of anilines is 1. The van der Waals surface area contributed by atoms with Crippen molar-refractivity contribution in [2.45, 2.75) is 20.3 Å². The van der Waals surface area contributed by atoms with Crippen LogP contribution >= 0.6 is 11.5 Å². The Kier molecular flexibility index (Phi) is 3.16. The molecule has 0 aliphatic heterocycles. The third-order valence-electron chi connectivity index (χ3n) is 1.67. The zero-order valence-electron chi connectivity index (χ0n) is 7.07. The Balaban J connectivity index is 2.47. The van der Waals surface area contributed by atoms with E-state index < -0.39 is 0 Å². The monoisotopic (exact) mass is 185 g/mol. The first-order valence-corrected chi connectivity index (χ1v) is 4.59. The van der Waals surface area contributed by atoms with Gasteiger partial charge in [0.25, 0.3) is 0 Å². The molecule has 1 N–H and O–H groups in total. The lowest BCUT2D eigenvalue weighted by Gasteiger charge is -2.06. The molecule has 0 aromatic carbocycles. The van der Waals surface area contributed by atoms with Gasteiger partial charge in [-0.1, -0.05) is 18.3 Å². The Hall–Kier alpha value is -0.970. The number of carbonyl (C=O) groups excluding carboxylic acids is 1. The molecule has 1 amide bonds. The summed E-state index contributed by atoms with van der Waals surface area (Å²) in [7, 11) is 0. The standard InChI is InChI=1S/C7H11N3OS/c1-3-5(2)7(11)9-6-4-8-10-12-6/h4-5H,3H2,1-2H3,(H,9,11). The van der Waals surface area contributed by atoms with Crippen molar-refractivity contribution in [3.8, 4) is 0 Å². The molecule has 5 heteroatoms. The van der Waals surface area contributed by atoms with E-state index in [0.717, 1.165) is 6.42 Å². The second-order valence-electron chi connectivity index (χ2n) is 2.58. The summed E-state index contributed by atoms with van der Waals surface area (Å²) in [5.74, 6) is 0.0793. The summed E-state index contributed by atoms with van der Waals surface area (Å²) < 4.78 is 3.64. The second-order valence-corrected chi connectivity index (χ2v) is 3.37. The van der Waals surface area contributed by atoms with Crippen LogP contribution in [0.1, 0.15) is 20.3 Å². The lowest BCUT2D eigenvalue weighted by Crippen LogP contribution is -2.18. The molecule has 1 atom stereocenters. The molecule has 0 aliphatic carbocycles. The smallest absolute Gasteiger partial charge is 0.227 e. The van der Waals surface area contributed by atoms with Gasteiger partial charge in [-0.25, -0.2) is 0 Å². The summed E-state index contributed by atoms with van der Waals surface area (Å²) in [5.41, 5.74) is 0. The first-order valence-electron chi connectivity index (χ1n) is 3.82. The highest BCUT2D eigenvalue weighted by Gasteiger charge is 2.10. The van der Waals surface area contributed by atoms with Crippen LogP contribution in [0.25, 0.3) is 0 Å². The topological polar surface area (TPSA) is 54.9 Å². The van der Waals surface area contributed by atoms with Gasteiger partial charge in [0.15, 0.2) is 0 Å². The number of nitrogens with zero attached hydrogens (tertiary/aromatic N) is 2. The van der Waals surface area contributed by atoms with Gasteiger partial charge in [0.05, 0.1) is 6.20 Å². The fraction of sp³-hybridized carbons (Fsp3) is 0.571. The summed E-state index contributed by atoms with van der Waals surface area (Å²) in [6.45, 7) is 3.87. The number of hydrogen-bond acceptors (Lipinski definition) is 4. The van der Waals surface area contributed by atoms with Crippen LogP contribution in [0, 0.1) is 5.92 Å². The Morgan fingerprint density at radius 1 is 1.83 bits per heavy atom. The molecular formula is C7H11N3OS. The summed E-state index contributed by atoms with van der Waals surface area (Å²) in [5, 5.41) is 7.05. The number of aromatic nitrogens is 2. The van der Waals surface area contributed by atoms with Gasteiger partial charge < -0.3 is 5.32 Å². The van der Waals surface area contributed by atoms with Crippen molar-refractivity contribution in [3.05, 3.63) is 6.20 Å². The molecule has 0 saturated carbocycles. The summed E-state index contributed by atoms with van der Waals surface area (Å²) in [4.78, 5) is 11.3. The Morgan fingerprint density at radius 2 is 2.58 bits per heavy atom. The van der Waals surface area contributed by atoms with Crippen LogP contribution in [-0.4, -0.2) is 15.5 Å². The van der Waals surface area contributed by atoms with Crippen molar-refractivity contribution in [2.75, 3.05) is 5.32 Å². The molecule has 0 radical (unpaired) electrons. The highest BCUT2D eigenvalue weighted by atomic mass is 32.1. The van der Waals surface area contributed by atoms with E-state index in [2.05, 4.69) is 14.9 Å². The van der Waals surface area contributed by atoms with E-state index in [9.17, 15) is 4.79 Å². The molecule has 1 aromatic rings. The average molecular weight is 185 g/mol. The minimum atomic E-state index is 0.0311. The van der Waals surface area contributed by atoms with Gasteiger partial charge in [-0.15, -0.1) is 5.10 Å². The van der Waals surface area contributed by atoms with Crippen LogP contribution < -0.4 is 5.32 Å². The number of hydrogen-bond donors (Lipinski definition) is 1. The van der Waals surface area contributed by atoms with Crippen molar-refractivity contribution < 1.29 is 4.79 Å². The Morgan fingerprint density at radius 3 is 3.08 bits per heavy atom. The van der Waals surface area contributed by atoms with Crippen LogP contribution in [0.2, 0.25) is 0 Å². The molecule has 4 nitrogen and oxygen atoms in total. The van der Waals surface area contributed by atoms with E-state index >= 15 is 0 Å². The Labute approximate surface area is 75.2 Å². The maximum atomic E-state index is 11.3. The SMILES string of the molecule is CCC(C)C(=O)Nc1cnns1. The van der Waals surface area contributed by atoms with E-state index in [-0.39, 0.29) is 11.8 Å². The van der Waals surface area contributed by atoms with Crippen LogP contribution in [0.3, 0.4) is 0 Å². The summed E-state index contributed by atoms with van der Waals surface area (Å²) in [6.07, 6.45) is 2.39. The third kappa shape index (κ3) is 2.27. The van der Waals surface area contributed by atoms with Gasteiger partial charge >= 0.3 is 0 Å². The van der Waals surface area contributed by atoms with Gasteiger partial charge in [-0.05, 0) is 6.42 Å². The van der Waals surface area contributed by atoms with Crippen molar-refractivity contribution >= 4 is 22.4 Å². The van der Waals surface area contributed by atoms with Gasteiger partial charge in [-0.3, -0.25) is 4.79 Å². The molecule has 12 heavy (non-hydrogen) atoms. The van der Waals surface area contributed by atoms with Crippen molar-refractivity contribution in [1.82, 2.24) is 9.59 Å². The van der Waals surface area contributed by atoms with E-state index in [1.165, 1.54) is 11.5 Å². The van der Waals surface area contributed by atoms with Crippen LogP contribution in [-0.2, 0) is 4.79 Å². The first kappa shape index (κ1) is 9.12. The van der Waals surface area contributed by atoms with Crippen LogP contribution in [0.4, 0.5) is 5.00 Å². The maximum absolute atomic E-state index is 11.3. The number of amides is 1.